The van der Waals surface area contributed by atoms with Crippen molar-refractivity contribution in [1.29, 1.82) is 0 Å². The topological polar surface area (TPSA) is 69.6 Å². The molecule has 2 atom stereocenters. The van der Waals surface area contributed by atoms with Gasteiger partial charge in [-0.1, -0.05) is 37.3 Å². The van der Waals surface area contributed by atoms with E-state index in [0.717, 1.165) is 26.2 Å². The first kappa shape index (κ1) is 15.7. The van der Waals surface area contributed by atoms with Gasteiger partial charge in [0.15, 0.2) is 5.78 Å². The molecule has 114 valence electrons. The highest BCUT2D eigenvalue weighted by molar-refractivity contribution is 6.00. The van der Waals surface area contributed by atoms with E-state index < -0.39 is 11.9 Å². The van der Waals surface area contributed by atoms with Gasteiger partial charge in [0, 0.05) is 31.7 Å². The molecule has 0 bridgehead atoms. The monoisotopic (exact) mass is 290 g/mol. The number of carboxylic acids is 1. The number of nitrogens with one attached hydrogen (secondary N) is 1. The summed E-state index contributed by atoms with van der Waals surface area (Å²) in [4.78, 5) is 26.0. The van der Waals surface area contributed by atoms with Gasteiger partial charge < -0.3 is 10.4 Å². The molecule has 21 heavy (non-hydrogen) atoms. The Balaban J connectivity index is 2.18. The average Bonchev–Trinajstić information content (AvgIpc) is 2.53. The van der Waals surface area contributed by atoms with Crippen molar-refractivity contribution in [1.82, 2.24) is 10.2 Å². The van der Waals surface area contributed by atoms with Crippen molar-refractivity contribution < 1.29 is 14.7 Å². The molecule has 2 unspecified atom stereocenters. The normalized spacial score (nSPS) is 18.9. The summed E-state index contributed by atoms with van der Waals surface area (Å²) in [6, 6.07) is 8.77. The summed E-state index contributed by atoms with van der Waals surface area (Å²) in [7, 11) is 0. The molecule has 2 N–H and O–H groups in total. The number of hydrogen-bond donors (Lipinski definition) is 2. The van der Waals surface area contributed by atoms with E-state index in [1.54, 1.807) is 19.1 Å². The molecule has 1 aliphatic heterocycles. The number of carbonyl (C=O) groups excluding carboxylic acids is 1. The zero-order valence-corrected chi connectivity index (χ0v) is 12.3. The number of benzene rings is 1. The minimum Gasteiger partial charge on any atom is -0.481 e. The fourth-order valence-corrected chi connectivity index (χ4v) is 2.65. The van der Waals surface area contributed by atoms with Crippen molar-refractivity contribution in [3.63, 3.8) is 0 Å². The second-order valence-corrected chi connectivity index (χ2v) is 5.51. The lowest BCUT2D eigenvalue weighted by molar-refractivity contribution is -0.141. The summed E-state index contributed by atoms with van der Waals surface area (Å²) in [6.07, 6.45) is 0.350. The van der Waals surface area contributed by atoms with E-state index in [4.69, 9.17) is 5.11 Å². The van der Waals surface area contributed by atoms with Crippen LogP contribution in [-0.2, 0) is 4.79 Å². The first-order chi connectivity index (χ1) is 10.1. The molecular formula is C16H22N2O3. The Morgan fingerprint density at radius 1 is 1.24 bits per heavy atom. The van der Waals surface area contributed by atoms with Gasteiger partial charge in [-0.05, 0) is 6.42 Å². The van der Waals surface area contributed by atoms with Crippen LogP contribution < -0.4 is 5.32 Å². The summed E-state index contributed by atoms with van der Waals surface area (Å²) in [5.74, 6) is -1.36. The molecule has 5 heteroatoms. The lowest BCUT2D eigenvalue weighted by Gasteiger charge is -2.34. The van der Waals surface area contributed by atoms with Crippen LogP contribution in [0.15, 0.2) is 30.3 Å². The van der Waals surface area contributed by atoms with Crippen molar-refractivity contribution in [3.05, 3.63) is 35.9 Å². The highest BCUT2D eigenvalue weighted by Gasteiger charge is 2.30. The summed E-state index contributed by atoms with van der Waals surface area (Å²) in [6.45, 7) is 4.88. The number of rotatable bonds is 6. The highest BCUT2D eigenvalue weighted by atomic mass is 16.4. The number of ketones is 1. The Kier molecular flexibility index (Phi) is 5.47. The molecule has 1 aromatic carbocycles. The van der Waals surface area contributed by atoms with Crippen LogP contribution in [-0.4, -0.2) is 54.0 Å². The number of hydrogen-bond acceptors (Lipinski definition) is 4. The van der Waals surface area contributed by atoms with Crippen LogP contribution in [0.5, 0.6) is 0 Å². The molecule has 2 rings (SSSR count). The predicted molar refractivity (Wildman–Crippen MR) is 80.4 cm³/mol. The van der Waals surface area contributed by atoms with Crippen LogP contribution in [0.2, 0.25) is 0 Å². The van der Waals surface area contributed by atoms with E-state index in [1.165, 1.54) is 0 Å². The SMILES string of the molecule is CC(CC(C(=O)c1ccccc1)N1CCNCC1)C(=O)O. The van der Waals surface area contributed by atoms with Gasteiger partial charge in [-0.3, -0.25) is 14.5 Å². The summed E-state index contributed by atoms with van der Waals surface area (Å²) >= 11 is 0. The fourth-order valence-electron chi connectivity index (χ4n) is 2.65. The van der Waals surface area contributed by atoms with E-state index in [1.807, 2.05) is 18.2 Å². The fraction of sp³-hybridized carbons (Fsp3) is 0.500. The second kappa shape index (κ2) is 7.33. The predicted octanol–water partition coefficient (Wildman–Crippen LogP) is 1.25. The Labute approximate surface area is 125 Å². The van der Waals surface area contributed by atoms with Gasteiger partial charge in [0.25, 0.3) is 0 Å². The van der Waals surface area contributed by atoms with Crippen LogP contribution >= 0.6 is 0 Å². The standard InChI is InChI=1S/C16H22N2O3/c1-12(16(20)21)11-14(18-9-7-17-8-10-18)15(19)13-5-3-2-4-6-13/h2-6,12,14,17H,7-11H2,1H3,(H,20,21). The average molecular weight is 290 g/mol. The second-order valence-electron chi connectivity index (χ2n) is 5.51. The molecule has 5 nitrogen and oxygen atoms in total. The lowest BCUT2D eigenvalue weighted by Crippen LogP contribution is -2.52. The number of aliphatic carboxylic acids is 1. The Bertz CT molecular complexity index is 484. The van der Waals surface area contributed by atoms with Gasteiger partial charge in [0.2, 0.25) is 0 Å². The maximum Gasteiger partial charge on any atom is 0.306 e. The van der Waals surface area contributed by atoms with E-state index in [0.29, 0.717) is 12.0 Å². The van der Waals surface area contributed by atoms with Crippen LogP contribution in [0, 0.1) is 5.92 Å². The molecule has 0 radical (unpaired) electrons. The van der Waals surface area contributed by atoms with Crippen molar-refractivity contribution in [2.75, 3.05) is 26.2 Å². The summed E-state index contributed by atoms with van der Waals surface area (Å²) in [5, 5.41) is 12.4. The molecule has 0 amide bonds. The quantitative estimate of drug-likeness (QED) is 0.772. The number of nitrogens with zero attached hydrogens (tertiary/aromatic N) is 1. The number of carbonyl (C=O) groups is 2. The van der Waals surface area contributed by atoms with Gasteiger partial charge in [0.05, 0.1) is 12.0 Å². The minimum absolute atomic E-state index is 0.0191. The molecule has 0 saturated carbocycles. The van der Waals surface area contributed by atoms with Crippen molar-refractivity contribution in [2.24, 2.45) is 5.92 Å². The lowest BCUT2D eigenvalue weighted by atomic mass is 9.93. The molecule has 0 spiro atoms. The largest absolute Gasteiger partial charge is 0.481 e. The van der Waals surface area contributed by atoms with Crippen molar-refractivity contribution >= 4 is 11.8 Å². The smallest absolute Gasteiger partial charge is 0.306 e. The molecule has 0 aromatic heterocycles. The first-order valence-corrected chi connectivity index (χ1v) is 7.36. The van der Waals surface area contributed by atoms with E-state index >= 15 is 0 Å². The van der Waals surface area contributed by atoms with E-state index in [9.17, 15) is 9.59 Å². The molecule has 1 aromatic rings. The van der Waals surface area contributed by atoms with Crippen molar-refractivity contribution in [2.45, 2.75) is 19.4 Å². The molecule has 1 aliphatic rings. The Morgan fingerprint density at radius 2 is 1.86 bits per heavy atom. The number of Topliss-reactive ketones (excluding diaryl/α,β-unsaturated/α-hetero) is 1. The highest BCUT2D eigenvalue weighted by Crippen LogP contribution is 2.18. The van der Waals surface area contributed by atoms with Crippen LogP contribution in [0.4, 0.5) is 0 Å². The van der Waals surface area contributed by atoms with E-state index in [-0.39, 0.29) is 11.8 Å². The number of piperazine rings is 1. The number of carboxylic acid groups (broad SMARTS) is 1. The molecule has 1 fully saturated rings. The maximum atomic E-state index is 12.7. The maximum absolute atomic E-state index is 12.7. The summed E-state index contributed by atoms with van der Waals surface area (Å²) in [5.41, 5.74) is 0.652. The Hall–Kier alpha value is -1.72. The third kappa shape index (κ3) is 4.12. The van der Waals surface area contributed by atoms with Gasteiger partial charge >= 0.3 is 5.97 Å². The van der Waals surface area contributed by atoms with Gasteiger partial charge in [-0.25, -0.2) is 0 Å². The van der Waals surface area contributed by atoms with Gasteiger partial charge in [-0.15, -0.1) is 0 Å². The molecule has 1 heterocycles. The van der Waals surface area contributed by atoms with Crippen LogP contribution in [0.1, 0.15) is 23.7 Å². The van der Waals surface area contributed by atoms with Gasteiger partial charge in [0.1, 0.15) is 0 Å². The summed E-state index contributed by atoms with van der Waals surface area (Å²) < 4.78 is 0. The Morgan fingerprint density at radius 3 is 2.43 bits per heavy atom. The zero-order chi connectivity index (χ0) is 15.2. The van der Waals surface area contributed by atoms with Crippen LogP contribution in [0.25, 0.3) is 0 Å². The van der Waals surface area contributed by atoms with Crippen molar-refractivity contribution in [3.8, 4) is 0 Å². The molecular weight excluding hydrogens is 268 g/mol. The van der Waals surface area contributed by atoms with Gasteiger partial charge in [-0.2, -0.15) is 0 Å². The first-order valence-electron chi connectivity index (χ1n) is 7.36. The molecule has 1 saturated heterocycles. The van der Waals surface area contributed by atoms with E-state index in [2.05, 4.69) is 10.2 Å². The minimum atomic E-state index is -0.851. The molecule has 0 aliphatic carbocycles. The van der Waals surface area contributed by atoms with Crippen LogP contribution in [0.3, 0.4) is 0 Å². The third-order valence-corrected chi connectivity index (χ3v) is 3.95. The third-order valence-electron chi connectivity index (χ3n) is 3.95. The zero-order valence-electron chi connectivity index (χ0n) is 12.3.